The van der Waals surface area contributed by atoms with E-state index in [4.69, 9.17) is 0 Å². The first kappa shape index (κ1) is 23.2. The number of carbonyl (C=O) groups is 2. The number of carbonyl (C=O) groups excluding carboxylic acids is 2. The molecule has 166 valence electrons. The van der Waals surface area contributed by atoms with Crippen LogP contribution in [0.1, 0.15) is 12.5 Å². The van der Waals surface area contributed by atoms with E-state index in [1.165, 1.54) is 30.0 Å². The lowest BCUT2D eigenvalue weighted by molar-refractivity contribution is -0.137. The Balaban J connectivity index is 1.56. The number of anilines is 3. The summed E-state index contributed by atoms with van der Waals surface area (Å²) >= 11 is 1.19. The molecule has 32 heavy (non-hydrogen) atoms. The monoisotopic (exact) mass is 459 g/mol. The van der Waals surface area contributed by atoms with Gasteiger partial charge in [0, 0.05) is 16.3 Å². The van der Waals surface area contributed by atoms with E-state index in [0.717, 1.165) is 11.0 Å². The largest absolute Gasteiger partial charge is 0.418 e. The molecule has 0 aliphatic heterocycles. The Bertz CT molecular complexity index is 1070. The number of hydrogen-bond donors (Lipinski definition) is 3. The first-order chi connectivity index (χ1) is 15.2. The highest BCUT2D eigenvalue weighted by Gasteiger charge is 2.33. The Morgan fingerprint density at radius 3 is 1.97 bits per heavy atom. The zero-order valence-electron chi connectivity index (χ0n) is 16.9. The number of thioether (sulfide) groups is 1. The van der Waals surface area contributed by atoms with Crippen molar-refractivity contribution < 1.29 is 22.8 Å². The van der Waals surface area contributed by atoms with Gasteiger partial charge >= 0.3 is 12.2 Å². The fourth-order valence-electron chi connectivity index (χ4n) is 2.76. The summed E-state index contributed by atoms with van der Waals surface area (Å²) < 4.78 is 39.3. The predicted octanol–water partition coefficient (Wildman–Crippen LogP) is 6.47. The standard InChI is InChI=1S/C23H20F3N3O2S/c1-15(21(30)29-20-10-6-5-9-19(20)23(24,25)26)32-18-13-11-17(12-14-18)28-22(31)27-16-7-3-2-4-8-16/h2-15H,1H3,(H,29,30)(H2,27,28,31). The van der Waals surface area contributed by atoms with Crippen LogP contribution in [0.25, 0.3) is 0 Å². The van der Waals surface area contributed by atoms with E-state index < -0.39 is 28.9 Å². The number of benzene rings is 3. The van der Waals surface area contributed by atoms with Crippen LogP contribution >= 0.6 is 11.8 Å². The molecule has 0 saturated heterocycles. The zero-order chi connectivity index (χ0) is 23.1. The minimum Gasteiger partial charge on any atom is -0.325 e. The van der Waals surface area contributed by atoms with Crippen molar-refractivity contribution in [2.24, 2.45) is 0 Å². The molecule has 9 heteroatoms. The van der Waals surface area contributed by atoms with Crippen LogP contribution in [0.2, 0.25) is 0 Å². The summed E-state index contributed by atoms with van der Waals surface area (Å²) in [6, 6.07) is 20.2. The van der Waals surface area contributed by atoms with Crippen LogP contribution < -0.4 is 16.0 Å². The summed E-state index contributed by atoms with van der Waals surface area (Å²) in [7, 11) is 0. The lowest BCUT2D eigenvalue weighted by atomic mass is 10.1. The third kappa shape index (κ3) is 6.52. The molecule has 0 aromatic heterocycles. The summed E-state index contributed by atoms with van der Waals surface area (Å²) in [6.45, 7) is 1.61. The van der Waals surface area contributed by atoms with Gasteiger partial charge < -0.3 is 16.0 Å². The molecule has 3 N–H and O–H groups in total. The summed E-state index contributed by atoms with van der Waals surface area (Å²) in [5, 5.41) is 7.11. The normalized spacial score (nSPS) is 12.0. The van der Waals surface area contributed by atoms with Crippen LogP contribution in [-0.4, -0.2) is 17.2 Å². The van der Waals surface area contributed by atoms with Crippen molar-refractivity contribution in [2.75, 3.05) is 16.0 Å². The van der Waals surface area contributed by atoms with Crippen molar-refractivity contribution in [2.45, 2.75) is 23.2 Å². The van der Waals surface area contributed by atoms with Gasteiger partial charge in [0.2, 0.25) is 5.91 Å². The summed E-state index contributed by atoms with van der Waals surface area (Å²) in [4.78, 5) is 25.2. The van der Waals surface area contributed by atoms with Gasteiger partial charge in [0.05, 0.1) is 16.5 Å². The molecule has 3 rings (SSSR count). The summed E-state index contributed by atoms with van der Waals surface area (Å²) in [6.07, 6.45) is -4.56. The number of amides is 3. The zero-order valence-corrected chi connectivity index (χ0v) is 17.8. The molecule has 1 atom stereocenters. The summed E-state index contributed by atoms with van der Waals surface area (Å²) in [5.74, 6) is -0.545. The van der Waals surface area contributed by atoms with E-state index >= 15 is 0 Å². The average Bonchev–Trinajstić information content (AvgIpc) is 2.75. The van der Waals surface area contributed by atoms with Crippen LogP contribution in [0.3, 0.4) is 0 Å². The van der Waals surface area contributed by atoms with Crippen LogP contribution in [0, 0.1) is 0 Å². The van der Waals surface area contributed by atoms with Crippen LogP contribution in [0.5, 0.6) is 0 Å². The van der Waals surface area contributed by atoms with Crippen molar-refractivity contribution in [3.63, 3.8) is 0 Å². The van der Waals surface area contributed by atoms with E-state index in [0.29, 0.717) is 11.4 Å². The van der Waals surface area contributed by atoms with E-state index in [1.54, 1.807) is 55.5 Å². The molecule has 3 amide bonds. The maximum absolute atomic E-state index is 13.1. The fraction of sp³-hybridized carbons (Fsp3) is 0.130. The van der Waals surface area contributed by atoms with Gasteiger partial charge in [-0.3, -0.25) is 4.79 Å². The van der Waals surface area contributed by atoms with Gasteiger partial charge in [0.15, 0.2) is 0 Å². The maximum Gasteiger partial charge on any atom is 0.418 e. The molecule has 0 radical (unpaired) electrons. The van der Waals surface area contributed by atoms with Gasteiger partial charge in [0.1, 0.15) is 0 Å². The van der Waals surface area contributed by atoms with Gasteiger partial charge in [-0.25, -0.2) is 4.79 Å². The molecule has 0 aliphatic rings. The van der Waals surface area contributed by atoms with Crippen molar-refractivity contribution in [3.8, 4) is 0 Å². The Kier molecular flexibility index (Phi) is 7.42. The average molecular weight is 459 g/mol. The van der Waals surface area contributed by atoms with Gasteiger partial charge in [0.25, 0.3) is 0 Å². The fourth-order valence-corrected chi connectivity index (χ4v) is 3.63. The third-order valence-corrected chi connectivity index (χ3v) is 5.43. The predicted molar refractivity (Wildman–Crippen MR) is 121 cm³/mol. The van der Waals surface area contributed by atoms with Crippen LogP contribution in [0.4, 0.5) is 35.0 Å². The maximum atomic E-state index is 13.1. The van der Waals surface area contributed by atoms with E-state index in [1.807, 2.05) is 6.07 Å². The molecule has 0 aliphatic carbocycles. The number of alkyl halides is 3. The van der Waals surface area contributed by atoms with Crippen LogP contribution in [0.15, 0.2) is 83.8 Å². The highest BCUT2D eigenvalue weighted by atomic mass is 32.2. The van der Waals surface area contributed by atoms with Gasteiger partial charge in [-0.05, 0) is 55.5 Å². The first-order valence-electron chi connectivity index (χ1n) is 9.59. The third-order valence-electron chi connectivity index (χ3n) is 4.32. The molecular formula is C23H20F3N3O2S. The second-order valence-electron chi connectivity index (χ2n) is 6.76. The van der Waals surface area contributed by atoms with E-state index in [9.17, 15) is 22.8 Å². The smallest absolute Gasteiger partial charge is 0.325 e. The summed E-state index contributed by atoms with van der Waals surface area (Å²) in [5.41, 5.74) is 0.0410. The van der Waals surface area contributed by atoms with Crippen LogP contribution in [-0.2, 0) is 11.0 Å². The topological polar surface area (TPSA) is 70.2 Å². The number of halogens is 3. The van der Waals surface area contributed by atoms with Gasteiger partial charge in [-0.2, -0.15) is 13.2 Å². The van der Waals surface area contributed by atoms with Crippen molar-refractivity contribution >= 4 is 40.8 Å². The molecule has 0 heterocycles. The minimum absolute atomic E-state index is 0.276. The number of urea groups is 1. The number of hydrogen-bond acceptors (Lipinski definition) is 3. The Labute approximate surface area is 187 Å². The molecule has 0 fully saturated rings. The lowest BCUT2D eigenvalue weighted by Gasteiger charge is -2.16. The van der Waals surface area contributed by atoms with E-state index in [-0.39, 0.29) is 5.69 Å². The van der Waals surface area contributed by atoms with Crippen molar-refractivity contribution in [1.29, 1.82) is 0 Å². The highest BCUT2D eigenvalue weighted by molar-refractivity contribution is 8.00. The second-order valence-corrected chi connectivity index (χ2v) is 8.18. The number of para-hydroxylation sites is 2. The van der Waals surface area contributed by atoms with Crippen molar-refractivity contribution in [3.05, 3.63) is 84.4 Å². The molecule has 3 aromatic rings. The molecule has 0 bridgehead atoms. The first-order valence-corrected chi connectivity index (χ1v) is 10.5. The lowest BCUT2D eigenvalue weighted by Crippen LogP contribution is -2.24. The Morgan fingerprint density at radius 1 is 0.781 bits per heavy atom. The highest BCUT2D eigenvalue weighted by Crippen LogP contribution is 2.35. The number of rotatable bonds is 6. The van der Waals surface area contributed by atoms with Gasteiger partial charge in [-0.1, -0.05) is 30.3 Å². The van der Waals surface area contributed by atoms with Gasteiger partial charge in [-0.15, -0.1) is 11.8 Å². The number of nitrogens with one attached hydrogen (secondary N) is 3. The Morgan fingerprint density at radius 2 is 1.34 bits per heavy atom. The SMILES string of the molecule is CC(Sc1ccc(NC(=O)Nc2ccccc2)cc1)C(=O)Nc1ccccc1C(F)(F)F. The molecule has 1 unspecified atom stereocenters. The van der Waals surface area contributed by atoms with E-state index in [2.05, 4.69) is 16.0 Å². The molecule has 3 aromatic carbocycles. The molecule has 0 spiro atoms. The van der Waals surface area contributed by atoms with Crippen molar-refractivity contribution in [1.82, 2.24) is 0 Å². The second kappa shape index (κ2) is 10.2. The molecule has 5 nitrogen and oxygen atoms in total. The molecule has 0 saturated carbocycles. The quantitative estimate of drug-likeness (QED) is 0.370. The molecular weight excluding hydrogens is 439 g/mol. The Hall–Kier alpha value is -3.46. The minimum atomic E-state index is -4.56.